The maximum absolute atomic E-state index is 12.6. The van der Waals surface area contributed by atoms with Crippen molar-refractivity contribution in [1.29, 1.82) is 0 Å². The van der Waals surface area contributed by atoms with E-state index in [2.05, 4.69) is 10.3 Å². The number of hydrogen-bond acceptors (Lipinski definition) is 4. The Balaban J connectivity index is 1.08. The van der Waals surface area contributed by atoms with Gasteiger partial charge in [-0.25, -0.2) is 4.98 Å². The van der Waals surface area contributed by atoms with Gasteiger partial charge in [0.05, 0.1) is 17.2 Å². The van der Waals surface area contributed by atoms with Gasteiger partial charge in [0.1, 0.15) is 0 Å². The topological polar surface area (TPSA) is 84.3 Å². The van der Waals surface area contributed by atoms with Crippen molar-refractivity contribution < 1.29 is 9.59 Å². The van der Waals surface area contributed by atoms with Gasteiger partial charge in [0.15, 0.2) is 0 Å². The predicted octanol–water partition coefficient (Wildman–Crippen LogP) is 3.12. The Morgan fingerprint density at radius 2 is 1.76 bits per heavy atom. The van der Waals surface area contributed by atoms with Crippen molar-refractivity contribution in [3.05, 3.63) is 76.3 Å². The van der Waals surface area contributed by atoms with Crippen LogP contribution in [0.2, 0.25) is 0 Å². The highest BCUT2D eigenvalue weighted by atomic mass is 16.2. The molecule has 0 atom stereocenters. The first-order valence-electron chi connectivity index (χ1n) is 11.7. The average Bonchev–Trinajstić information content (AvgIpc) is 3.15. The summed E-state index contributed by atoms with van der Waals surface area (Å²) in [5.41, 5.74) is 2.50. The summed E-state index contributed by atoms with van der Waals surface area (Å²) in [6.07, 6.45) is 5.60. The van der Waals surface area contributed by atoms with Gasteiger partial charge in [0.2, 0.25) is 5.91 Å². The third-order valence-corrected chi connectivity index (χ3v) is 6.90. The number of nitrogens with one attached hydrogen (secondary N) is 1. The van der Waals surface area contributed by atoms with Gasteiger partial charge in [0, 0.05) is 37.7 Å². The van der Waals surface area contributed by atoms with E-state index in [0.29, 0.717) is 29.9 Å². The van der Waals surface area contributed by atoms with Gasteiger partial charge in [-0.15, -0.1) is 0 Å². The lowest BCUT2D eigenvalue weighted by atomic mass is 9.85. The zero-order valence-corrected chi connectivity index (χ0v) is 18.6. The summed E-state index contributed by atoms with van der Waals surface area (Å²) in [7, 11) is 0. The van der Waals surface area contributed by atoms with Crippen LogP contribution in [0.15, 0.2) is 59.7 Å². The van der Waals surface area contributed by atoms with Gasteiger partial charge in [-0.1, -0.05) is 30.3 Å². The molecule has 1 aliphatic carbocycles. The molecule has 7 nitrogen and oxygen atoms in total. The number of carbonyl (C=O) groups excluding carboxylic acids is 2. The van der Waals surface area contributed by atoms with Crippen LogP contribution in [-0.2, 0) is 17.9 Å². The van der Waals surface area contributed by atoms with Crippen molar-refractivity contribution in [3.63, 3.8) is 0 Å². The van der Waals surface area contributed by atoms with Crippen molar-refractivity contribution in [2.45, 2.75) is 51.2 Å². The highest BCUT2D eigenvalue weighted by Crippen LogP contribution is 2.29. The van der Waals surface area contributed by atoms with Gasteiger partial charge in [-0.2, -0.15) is 0 Å². The standard InChI is InChI=1S/C26H28N4O3/c31-24(13-14-29-17-27-23-8-4-3-7-22(23)26(29)33)28-20-11-9-18(10-12-20)15-30-16-19-5-1-2-6-21(19)25(30)32/h1-8,17-18,20H,9-16H2,(H,28,31). The molecule has 0 spiro atoms. The molecule has 1 aliphatic heterocycles. The number of aromatic nitrogens is 2. The van der Waals surface area contributed by atoms with E-state index in [1.54, 1.807) is 6.07 Å². The molecule has 7 heteroatoms. The van der Waals surface area contributed by atoms with Crippen LogP contribution < -0.4 is 10.9 Å². The van der Waals surface area contributed by atoms with Crippen LogP contribution in [-0.4, -0.2) is 38.9 Å². The molecule has 1 fully saturated rings. The minimum absolute atomic E-state index is 0.0383. The molecular weight excluding hydrogens is 416 g/mol. The molecule has 2 amide bonds. The molecule has 2 heterocycles. The van der Waals surface area contributed by atoms with Crippen LogP contribution in [0.25, 0.3) is 10.9 Å². The molecule has 0 radical (unpaired) electrons. The zero-order chi connectivity index (χ0) is 22.8. The molecule has 1 N–H and O–H groups in total. The van der Waals surface area contributed by atoms with E-state index in [4.69, 9.17) is 0 Å². The third-order valence-electron chi connectivity index (χ3n) is 6.90. The molecule has 5 rings (SSSR count). The van der Waals surface area contributed by atoms with Crippen LogP contribution in [0.3, 0.4) is 0 Å². The molecule has 33 heavy (non-hydrogen) atoms. The van der Waals surface area contributed by atoms with E-state index in [1.807, 2.05) is 47.4 Å². The van der Waals surface area contributed by atoms with Crippen LogP contribution in [0.1, 0.15) is 48.0 Å². The fourth-order valence-corrected chi connectivity index (χ4v) is 5.05. The summed E-state index contributed by atoms with van der Waals surface area (Å²) in [5.74, 6) is 0.571. The molecule has 170 valence electrons. The molecule has 2 aliphatic rings. The van der Waals surface area contributed by atoms with Crippen molar-refractivity contribution >= 4 is 22.7 Å². The molecule has 1 saturated carbocycles. The fourth-order valence-electron chi connectivity index (χ4n) is 5.05. The van der Waals surface area contributed by atoms with E-state index >= 15 is 0 Å². The molecule has 0 bridgehead atoms. The fraction of sp³-hybridized carbons (Fsp3) is 0.385. The number of carbonyl (C=O) groups is 2. The van der Waals surface area contributed by atoms with Gasteiger partial charge < -0.3 is 10.2 Å². The lowest BCUT2D eigenvalue weighted by Crippen LogP contribution is -2.40. The monoisotopic (exact) mass is 444 g/mol. The number of amides is 2. The first-order valence-corrected chi connectivity index (χ1v) is 11.7. The first-order chi connectivity index (χ1) is 16.1. The van der Waals surface area contributed by atoms with E-state index in [1.165, 1.54) is 10.9 Å². The normalized spacial score (nSPS) is 20.1. The second-order valence-corrected chi connectivity index (χ2v) is 9.14. The van der Waals surface area contributed by atoms with Crippen molar-refractivity contribution in [3.8, 4) is 0 Å². The van der Waals surface area contributed by atoms with E-state index < -0.39 is 0 Å². The third kappa shape index (κ3) is 4.53. The summed E-state index contributed by atoms with van der Waals surface area (Å²) in [6, 6.07) is 15.2. The second-order valence-electron chi connectivity index (χ2n) is 9.14. The van der Waals surface area contributed by atoms with Gasteiger partial charge in [-0.05, 0) is 55.4 Å². The highest BCUT2D eigenvalue weighted by molar-refractivity contribution is 5.98. The molecule has 1 aromatic heterocycles. The lowest BCUT2D eigenvalue weighted by Gasteiger charge is -2.31. The van der Waals surface area contributed by atoms with Crippen molar-refractivity contribution in [1.82, 2.24) is 19.8 Å². The van der Waals surface area contributed by atoms with Crippen LogP contribution in [0.5, 0.6) is 0 Å². The zero-order valence-electron chi connectivity index (χ0n) is 18.6. The van der Waals surface area contributed by atoms with Crippen molar-refractivity contribution in [2.24, 2.45) is 5.92 Å². The Bertz CT molecular complexity index is 1240. The first kappa shape index (κ1) is 21.4. The number of para-hydroxylation sites is 1. The quantitative estimate of drug-likeness (QED) is 0.633. The second kappa shape index (κ2) is 9.17. The maximum Gasteiger partial charge on any atom is 0.261 e. The maximum atomic E-state index is 12.6. The Morgan fingerprint density at radius 1 is 1.00 bits per heavy atom. The minimum Gasteiger partial charge on any atom is -0.353 e. The molecule has 2 aromatic carbocycles. The number of rotatable bonds is 6. The smallest absolute Gasteiger partial charge is 0.261 e. The van der Waals surface area contributed by atoms with E-state index in [9.17, 15) is 14.4 Å². The summed E-state index contributed by atoms with van der Waals surface area (Å²) in [4.78, 5) is 43.9. The molecular formula is C26H28N4O3. The molecule has 0 unspecified atom stereocenters. The summed E-state index contributed by atoms with van der Waals surface area (Å²) >= 11 is 0. The number of fused-ring (bicyclic) bond motifs is 2. The Morgan fingerprint density at radius 3 is 2.58 bits per heavy atom. The van der Waals surface area contributed by atoms with Gasteiger partial charge in [0.25, 0.3) is 11.5 Å². The SMILES string of the molecule is O=C(CCn1cnc2ccccc2c1=O)NC1CCC(CN2Cc3ccccc3C2=O)CC1. The lowest BCUT2D eigenvalue weighted by molar-refractivity contribution is -0.122. The highest BCUT2D eigenvalue weighted by Gasteiger charge is 2.30. The summed E-state index contributed by atoms with van der Waals surface area (Å²) in [5, 5.41) is 3.70. The van der Waals surface area contributed by atoms with E-state index in [0.717, 1.165) is 43.4 Å². The summed E-state index contributed by atoms with van der Waals surface area (Å²) < 4.78 is 1.50. The predicted molar refractivity (Wildman–Crippen MR) is 126 cm³/mol. The Kier molecular flexibility index (Phi) is 5.94. The molecule has 3 aromatic rings. The van der Waals surface area contributed by atoms with Crippen LogP contribution >= 0.6 is 0 Å². The number of hydrogen-bond donors (Lipinski definition) is 1. The van der Waals surface area contributed by atoms with Crippen molar-refractivity contribution in [2.75, 3.05) is 6.54 Å². The minimum atomic E-state index is -0.118. The molecule has 0 saturated heterocycles. The number of nitrogens with zero attached hydrogens (tertiary/aromatic N) is 3. The number of benzene rings is 2. The Labute approximate surface area is 192 Å². The average molecular weight is 445 g/mol. The van der Waals surface area contributed by atoms with Crippen LogP contribution in [0.4, 0.5) is 0 Å². The summed E-state index contributed by atoms with van der Waals surface area (Å²) in [6.45, 7) is 1.80. The Hall–Kier alpha value is -3.48. The van der Waals surface area contributed by atoms with Crippen LogP contribution in [0, 0.1) is 5.92 Å². The van der Waals surface area contributed by atoms with Gasteiger partial charge >= 0.3 is 0 Å². The van der Waals surface area contributed by atoms with Gasteiger partial charge in [-0.3, -0.25) is 19.0 Å². The number of aryl methyl sites for hydroxylation is 1. The van der Waals surface area contributed by atoms with E-state index in [-0.39, 0.29) is 29.8 Å². The largest absolute Gasteiger partial charge is 0.353 e.